The lowest BCUT2D eigenvalue weighted by Gasteiger charge is -2.10. The van der Waals surface area contributed by atoms with Gasteiger partial charge in [0, 0.05) is 6.04 Å². The standard InChI is InChI=1S/C8H17NO5S/c1-3-14-8(11)4-5-15(12,13)9-7(2)6-10/h7,9-10H,3-6H2,1-2H3/t7-/m0/s1. The summed E-state index contributed by atoms with van der Waals surface area (Å²) in [5, 5.41) is 8.64. The van der Waals surface area contributed by atoms with Crippen molar-refractivity contribution >= 4 is 16.0 Å². The second-order valence-corrected chi connectivity index (χ2v) is 4.95. The average Bonchev–Trinajstić information content (AvgIpc) is 2.15. The van der Waals surface area contributed by atoms with Gasteiger partial charge >= 0.3 is 5.97 Å². The number of esters is 1. The van der Waals surface area contributed by atoms with Crippen molar-refractivity contribution in [1.82, 2.24) is 4.72 Å². The highest BCUT2D eigenvalue weighted by molar-refractivity contribution is 7.89. The van der Waals surface area contributed by atoms with Crippen molar-refractivity contribution in [3.8, 4) is 0 Å². The molecular weight excluding hydrogens is 222 g/mol. The molecule has 0 bridgehead atoms. The molecule has 0 aromatic heterocycles. The fraction of sp³-hybridized carbons (Fsp3) is 0.875. The third-order valence-electron chi connectivity index (χ3n) is 1.53. The van der Waals surface area contributed by atoms with Gasteiger partial charge in [0.1, 0.15) is 0 Å². The lowest BCUT2D eigenvalue weighted by molar-refractivity contribution is -0.142. The van der Waals surface area contributed by atoms with E-state index in [1.54, 1.807) is 6.92 Å². The summed E-state index contributed by atoms with van der Waals surface area (Å²) >= 11 is 0. The maximum absolute atomic E-state index is 11.3. The monoisotopic (exact) mass is 239 g/mol. The fourth-order valence-corrected chi connectivity index (χ4v) is 2.09. The van der Waals surface area contributed by atoms with Crippen molar-refractivity contribution in [1.29, 1.82) is 0 Å². The second-order valence-electron chi connectivity index (χ2n) is 3.08. The van der Waals surface area contributed by atoms with Crippen molar-refractivity contribution in [2.75, 3.05) is 19.0 Å². The van der Waals surface area contributed by atoms with Crippen molar-refractivity contribution < 1.29 is 23.1 Å². The Bertz CT molecular complexity index is 287. The van der Waals surface area contributed by atoms with Gasteiger partial charge in [0.2, 0.25) is 10.0 Å². The predicted molar refractivity (Wildman–Crippen MR) is 54.7 cm³/mol. The minimum Gasteiger partial charge on any atom is -0.466 e. The van der Waals surface area contributed by atoms with E-state index in [2.05, 4.69) is 9.46 Å². The maximum atomic E-state index is 11.3. The van der Waals surface area contributed by atoms with Gasteiger partial charge in [0.15, 0.2) is 0 Å². The molecule has 0 rings (SSSR count). The normalized spacial score (nSPS) is 13.5. The van der Waals surface area contributed by atoms with E-state index in [0.29, 0.717) is 0 Å². The van der Waals surface area contributed by atoms with Crippen molar-refractivity contribution in [3.63, 3.8) is 0 Å². The van der Waals surface area contributed by atoms with Crippen LogP contribution in [-0.2, 0) is 19.6 Å². The number of rotatable bonds is 7. The number of carbonyl (C=O) groups excluding carboxylic acids is 1. The Morgan fingerprint density at radius 3 is 2.60 bits per heavy atom. The highest BCUT2D eigenvalue weighted by atomic mass is 32.2. The van der Waals surface area contributed by atoms with Gasteiger partial charge in [-0.3, -0.25) is 4.79 Å². The molecular formula is C8H17NO5S. The number of aliphatic hydroxyl groups is 1. The Morgan fingerprint density at radius 1 is 1.53 bits per heavy atom. The van der Waals surface area contributed by atoms with E-state index in [1.807, 2.05) is 0 Å². The van der Waals surface area contributed by atoms with E-state index in [9.17, 15) is 13.2 Å². The van der Waals surface area contributed by atoms with E-state index in [0.717, 1.165) is 0 Å². The number of aliphatic hydroxyl groups excluding tert-OH is 1. The minimum absolute atomic E-state index is 0.179. The van der Waals surface area contributed by atoms with Crippen molar-refractivity contribution in [3.05, 3.63) is 0 Å². The van der Waals surface area contributed by atoms with Gasteiger partial charge in [-0.1, -0.05) is 0 Å². The van der Waals surface area contributed by atoms with Gasteiger partial charge in [-0.2, -0.15) is 0 Å². The van der Waals surface area contributed by atoms with Crippen molar-refractivity contribution in [2.24, 2.45) is 0 Å². The Kier molecular flexibility index (Phi) is 6.46. The minimum atomic E-state index is -3.52. The van der Waals surface area contributed by atoms with Gasteiger partial charge in [-0.15, -0.1) is 0 Å². The third-order valence-corrected chi connectivity index (χ3v) is 3.04. The summed E-state index contributed by atoms with van der Waals surface area (Å²) in [7, 11) is -3.52. The lowest BCUT2D eigenvalue weighted by Crippen LogP contribution is -2.37. The molecule has 7 heteroatoms. The van der Waals surface area contributed by atoms with Crippen LogP contribution in [0.2, 0.25) is 0 Å². The highest BCUT2D eigenvalue weighted by Gasteiger charge is 2.16. The molecule has 0 aliphatic carbocycles. The molecule has 0 radical (unpaired) electrons. The Morgan fingerprint density at radius 2 is 2.13 bits per heavy atom. The zero-order chi connectivity index (χ0) is 11.9. The van der Waals surface area contributed by atoms with Crippen LogP contribution >= 0.6 is 0 Å². The summed E-state index contributed by atoms with van der Waals surface area (Å²) in [6.07, 6.45) is -0.179. The zero-order valence-electron chi connectivity index (χ0n) is 8.89. The fourth-order valence-electron chi connectivity index (χ4n) is 0.854. The molecule has 0 aromatic carbocycles. The van der Waals surface area contributed by atoms with Crippen LogP contribution in [0.25, 0.3) is 0 Å². The van der Waals surface area contributed by atoms with E-state index in [4.69, 9.17) is 5.11 Å². The summed E-state index contributed by atoms with van der Waals surface area (Å²) in [4.78, 5) is 10.9. The number of nitrogens with one attached hydrogen (secondary N) is 1. The van der Waals surface area contributed by atoms with Crippen LogP contribution in [-0.4, -0.2) is 44.5 Å². The summed E-state index contributed by atoms with van der Waals surface area (Å²) in [6.45, 7) is 3.14. The molecule has 90 valence electrons. The highest BCUT2D eigenvalue weighted by Crippen LogP contribution is 1.94. The molecule has 0 saturated heterocycles. The molecule has 0 aromatic rings. The maximum Gasteiger partial charge on any atom is 0.306 e. The zero-order valence-corrected chi connectivity index (χ0v) is 9.71. The molecule has 0 saturated carbocycles. The quantitative estimate of drug-likeness (QED) is 0.570. The van der Waals surface area contributed by atoms with Crippen molar-refractivity contribution in [2.45, 2.75) is 26.3 Å². The molecule has 0 amide bonds. The van der Waals surface area contributed by atoms with Crippen LogP contribution in [0.3, 0.4) is 0 Å². The molecule has 0 aliphatic rings. The SMILES string of the molecule is CCOC(=O)CCS(=O)(=O)N[C@@H](C)CO. The van der Waals surface area contributed by atoms with Crippen LogP contribution in [0.4, 0.5) is 0 Å². The van der Waals surface area contributed by atoms with Crippen LogP contribution in [0.5, 0.6) is 0 Å². The van der Waals surface area contributed by atoms with E-state index >= 15 is 0 Å². The second kappa shape index (κ2) is 6.76. The molecule has 0 spiro atoms. The number of hydrogen-bond donors (Lipinski definition) is 2. The van der Waals surface area contributed by atoms with Gasteiger partial charge in [-0.05, 0) is 13.8 Å². The molecule has 1 atom stereocenters. The molecule has 0 heterocycles. The van der Waals surface area contributed by atoms with Crippen LogP contribution < -0.4 is 4.72 Å². The smallest absolute Gasteiger partial charge is 0.306 e. The van der Waals surface area contributed by atoms with Crippen LogP contribution in [0, 0.1) is 0 Å². The van der Waals surface area contributed by atoms with E-state index < -0.39 is 22.0 Å². The Hall–Kier alpha value is -0.660. The number of carbonyl (C=O) groups is 1. The summed E-state index contributed by atoms with van der Waals surface area (Å²) < 4.78 is 29.4. The largest absolute Gasteiger partial charge is 0.466 e. The number of sulfonamides is 1. The molecule has 15 heavy (non-hydrogen) atoms. The molecule has 0 aliphatic heterocycles. The first-order valence-electron chi connectivity index (χ1n) is 4.67. The molecule has 2 N–H and O–H groups in total. The molecule has 0 fully saturated rings. The number of ether oxygens (including phenoxy) is 1. The molecule has 0 unspecified atom stereocenters. The first-order valence-corrected chi connectivity index (χ1v) is 6.33. The van der Waals surface area contributed by atoms with Crippen LogP contribution in [0.15, 0.2) is 0 Å². The van der Waals surface area contributed by atoms with Crippen LogP contribution in [0.1, 0.15) is 20.3 Å². The average molecular weight is 239 g/mol. The Balaban J connectivity index is 3.99. The Labute approximate surface area is 89.7 Å². The van der Waals surface area contributed by atoms with E-state index in [-0.39, 0.29) is 25.4 Å². The first kappa shape index (κ1) is 14.3. The summed E-state index contributed by atoms with van der Waals surface area (Å²) in [6, 6.07) is -0.544. The van der Waals surface area contributed by atoms with Gasteiger partial charge in [0.05, 0.1) is 25.4 Å². The summed E-state index contributed by atoms with van der Waals surface area (Å²) in [5.41, 5.74) is 0. The summed E-state index contributed by atoms with van der Waals surface area (Å²) in [5.74, 6) is -0.865. The first-order chi connectivity index (χ1) is 6.91. The predicted octanol–water partition coefficient (Wildman–Crippen LogP) is -0.760. The lowest BCUT2D eigenvalue weighted by atomic mass is 10.4. The van der Waals surface area contributed by atoms with Gasteiger partial charge < -0.3 is 9.84 Å². The van der Waals surface area contributed by atoms with E-state index in [1.165, 1.54) is 6.92 Å². The van der Waals surface area contributed by atoms with Gasteiger partial charge in [0.25, 0.3) is 0 Å². The topological polar surface area (TPSA) is 92.7 Å². The molecule has 6 nitrogen and oxygen atoms in total. The van der Waals surface area contributed by atoms with Gasteiger partial charge in [-0.25, -0.2) is 13.1 Å². The number of hydrogen-bond acceptors (Lipinski definition) is 5. The third kappa shape index (κ3) is 7.29.